The number of β-amino-alcohol motifs (C(OH)–C–C–N with tert-alkyl or cyclic N) is 1. The Morgan fingerprint density at radius 1 is 1.38 bits per heavy atom. The second-order valence-electron chi connectivity index (χ2n) is 6.58. The molecule has 2 N–H and O–H groups in total. The topological polar surface area (TPSA) is 109 Å². The van der Waals surface area contributed by atoms with E-state index < -0.39 is 0 Å². The molecule has 2 aromatic rings. The van der Waals surface area contributed by atoms with Crippen LogP contribution in [0.4, 0.5) is 5.69 Å². The van der Waals surface area contributed by atoms with Crippen LogP contribution < -0.4 is 5.23 Å². The average Bonchev–Trinajstić information content (AvgIpc) is 3.11. The van der Waals surface area contributed by atoms with Crippen molar-refractivity contribution < 1.29 is 14.8 Å². The van der Waals surface area contributed by atoms with Crippen LogP contribution in [0.25, 0.3) is 11.4 Å². The molecule has 0 radical (unpaired) electrons. The van der Waals surface area contributed by atoms with Crippen LogP contribution in [-0.4, -0.2) is 44.5 Å². The summed E-state index contributed by atoms with van der Waals surface area (Å²) in [5.41, 5.74) is 0.690. The van der Waals surface area contributed by atoms with Gasteiger partial charge in [0.1, 0.15) is 0 Å². The van der Waals surface area contributed by atoms with Gasteiger partial charge in [0.05, 0.1) is 17.8 Å². The molecule has 0 spiro atoms. The molecular weight excluding hydrogens is 312 g/mol. The Kier molecular flexibility index (Phi) is 3.97. The van der Waals surface area contributed by atoms with Gasteiger partial charge < -0.3 is 20.1 Å². The van der Waals surface area contributed by atoms with Crippen LogP contribution >= 0.6 is 0 Å². The number of aliphatic hydroxyl groups excluding tert-OH is 1. The fraction of sp³-hybridized carbons (Fsp3) is 0.500. The molecule has 1 aromatic carbocycles. The number of hydrogen-bond acceptors (Lipinski definition) is 8. The van der Waals surface area contributed by atoms with Crippen LogP contribution in [0.1, 0.15) is 31.2 Å². The van der Waals surface area contributed by atoms with Crippen molar-refractivity contribution in [3.8, 4) is 11.4 Å². The molecule has 1 aromatic heterocycles. The van der Waals surface area contributed by atoms with Crippen molar-refractivity contribution >= 4 is 5.69 Å². The number of anilines is 1. The summed E-state index contributed by atoms with van der Waals surface area (Å²) in [6.07, 6.45) is 2.69. The first-order chi connectivity index (χ1) is 11.6. The molecule has 0 amide bonds. The van der Waals surface area contributed by atoms with Crippen molar-refractivity contribution in [3.05, 3.63) is 35.4 Å². The van der Waals surface area contributed by atoms with Crippen LogP contribution in [0.2, 0.25) is 0 Å². The van der Waals surface area contributed by atoms with E-state index in [2.05, 4.69) is 15.0 Å². The zero-order chi connectivity index (χ0) is 16.7. The summed E-state index contributed by atoms with van der Waals surface area (Å²) in [6.45, 7) is 1.58. The number of aromatic nitrogens is 2. The smallest absolute Gasteiger partial charge is 0.244 e. The van der Waals surface area contributed by atoms with Gasteiger partial charge >= 0.3 is 0 Å². The predicted molar refractivity (Wildman–Crippen MR) is 85.0 cm³/mol. The molecule has 8 nitrogen and oxygen atoms in total. The molecule has 4 rings (SSSR count). The normalized spacial score (nSPS) is 24.5. The Hall–Kier alpha value is -2.00. The number of benzene rings is 1. The van der Waals surface area contributed by atoms with Gasteiger partial charge in [0.2, 0.25) is 11.7 Å². The summed E-state index contributed by atoms with van der Waals surface area (Å²) in [6, 6.07) is 6.29. The lowest BCUT2D eigenvalue weighted by Gasteiger charge is -2.21. The van der Waals surface area contributed by atoms with Gasteiger partial charge in [-0.3, -0.25) is 10.1 Å². The number of aliphatic hydroxyl groups is 1. The molecule has 0 bridgehead atoms. The maximum atomic E-state index is 11.0. The van der Waals surface area contributed by atoms with Gasteiger partial charge in [-0.25, -0.2) is 0 Å². The standard InChI is InChI=1S/C16H19N4O4/c21-13-7-14(19(9-13)8-10-4-5-10)16-17-15(18-24-16)11-2-1-3-12(6-11)20(22)23/h1-3,6,10,13-14,21-22H,4-5,7-9H2/q-1/t13-,14+/m1/s1. The lowest BCUT2D eigenvalue weighted by atomic mass is 10.2. The van der Waals surface area contributed by atoms with E-state index in [9.17, 15) is 10.3 Å². The van der Waals surface area contributed by atoms with Crippen LogP contribution in [0, 0.1) is 11.1 Å². The average molecular weight is 331 g/mol. The van der Waals surface area contributed by atoms with Crippen LogP contribution in [-0.2, 0) is 0 Å². The van der Waals surface area contributed by atoms with Crippen LogP contribution in [0.15, 0.2) is 28.8 Å². The first kappa shape index (κ1) is 15.5. The Balaban J connectivity index is 1.56. The number of nitrogens with zero attached hydrogens (tertiary/aromatic N) is 4. The Labute approximate surface area is 138 Å². The van der Waals surface area contributed by atoms with Gasteiger partial charge in [0.15, 0.2) is 0 Å². The maximum absolute atomic E-state index is 11.0. The van der Waals surface area contributed by atoms with Gasteiger partial charge in [-0.15, -0.1) is 0 Å². The van der Waals surface area contributed by atoms with Crippen molar-refractivity contribution in [2.45, 2.75) is 31.4 Å². The van der Waals surface area contributed by atoms with E-state index in [4.69, 9.17) is 9.73 Å². The van der Waals surface area contributed by atoms with E-state index in [1.807, 2.05) is 0 Å². The molecule has 2 atom stereocenters. The first-order valence-corrected chi connectivity index (χ1v) is 8.12. The Morgan fingerprint density at radius 2 is 2.21 bits per heavy atom. The van der Waals surface area contributed by atoms with Crippen molar-refractivity contribution in [1.29, 1.82) is 0 Å². The highest BCUT2D eigenvalue weighted by atomic mass is 16.8. The van der Waals surface area contributed by atoms with Crippen molar-refractivity contribution in [1.82, 2.24) is 15.0 Å². The molecule has 1 aliphatic heterocycles. The van der Waals surface area contributed by atoms with E-state index in [0.29, 0.717) is 36.2 Å². The summed E-state index contributed by atoms with van der Waals surface area (Å²) in [7, 11) is 0. The van der Waals surface area contributed by atoms with Gasteiger partial charge in [-0.1, -0.05) is 17.3 Å². The minimum Gasteiger partial charge on any atom is -0.733 e. The highest BCUT2D eigenvalue weighted by Gasteiger charge is 2.38. The summed E-state index contributed by atoms with van der Waals surface area (Å²) in [5.74, 6) is 1.56. The fourth-order valence-electron chi connectivity index (χ4n) is 3.22. The molecule has 1 saturated carbocycles. The highest BCUT2D eigenvalue weighted by molar-refractivity contribution is 5.62. The Morgan fingerprint density at radius 3 is 2.96 bits per heavy atom. The minimum absolute atomic E-state index is 0.0705. The molecule has 128 valence electrons. The molecule has 2 fully saturated rings. The minimum atomic E-state index is -0.379. The van der Waals surface area contributed by atoms with Crippen LogP contribution in [0.5, 0.6) is 0 Å². The van der Waals surface area contributed by atoms with E-state index in [1.54, 1.807) is 12.1 Å². The highest BCUT2D eigenvalue weighted by Crippen LogP contribution is 2.37. The largest absolute Gasteiger partial charge is 0.733 e. The van der Waals surface area contributed by atoms with Crippen LogP contribution in [0.3, 0.4) is 0 Å². The molecule has 1 aliphatic carbocycles. The van der Waals surface area contributed by atoms with Crippen molar-refractivity contribution in [3.63, 3.8) is 0 Å². The maximum Gasteiger partial charge on any atom is 0.244 e. The van der Waals surface area contributed by atoms with E-state index in [0.717, 1.165) is 6.54 Å². The van der Waals surface area contributed by atoms with Gasteiger partial charge in [-0.2, -0.15) is 4.98 Å². The molecule has 24 heavy (non-hydrogen) atoms. The van der Waals surface area contributed by atoms with E-state index in [-0.39, 0.29) is 23.1 Å². The van der Waals surface area contributed by atoms with Crippen molar-refractivity contribution in [2.75, 3.05) is 18.3 Å². The lowest BCUT2D eigenvalue weighted by Crippen LogP contribution is -2.27. The molecular formula is C16H19N4O4-. The zero-order valence-corrected chi connectivity index (χ0v) is 13.1. The first-order valence-electron chi connectivity index (χ1n) is 8.12. The van der Waals surface area contributed by atoms with Gasteiger partial charge in [0, 0.05) is 18.7 Å². The third-order valence-corrected chi connectivity index (χ3v) is 4.62. The predicted octanol–water partition coefficient (Wildman–Crippen LogP) is 1.95. The fourth-order valence-corrected chi connectivity index (χ4v) is 3.22. The second-order valence-corrected chi connectivity index (χ2v) is 6.58. The molecule has 2 heterocycles. The molecule has 0 unspecified atom stereocenters. The summed E-state index contributed by atoms with van der Waals surface area (Å²) >= 11 is 0. The van der Waals surface area contributed by atoms with E-state index >= 15 is 0 Å². The number of likely N-dealkylation sites (tertiary alicyclic amines) is 1. The molecule has 1 saturated heterocycles. The number of rotatable bonds is 5. The molecule has 2 aliphatic rings. The molecule has 8 heteroatoms. The second kappa shape index (κ2) is 6.14. The van der Waals surface area contributed by atoms with Gasteiger partial charge in [-0.05, 0) is 37.3 Å². The lowest BCUT2D eigenvalue weighted by molar-refractivity contribution is 0.170. The quantitative estimate of drug-likeness (QED) is 0.800. The summed E-state index contributed by atoms with van der Waals surface area (Å²) < 4.78 is 5.42. The van der Waals surface area contributed by atoms with Gasteiger partial charge in [0.25, 0.3) is 0 Å². The van der Waals surface area contributed by atoms with Crippen molar-refractivity contribution in [2.24, 2.45) is 5.92 Å². The SMILES string of the molecule is [O-]N(O)c1cccc(-c2noc([C@@H]3C[C@@H](O)CN3CC3CC3)n2)c1. The third kappa shape index (κ3) is 3.13. The Bertz CT molecular complexity index is 716. The monoisotopic (exact) mass is 331 g/mol. The summed E-state index contributed by atoms with van der Waals surface area (Å²) in [4.78, 5) is 6.65. The summed E-state index contributed by atoms with van der Waals surface area (Å²) in [5, 5.41) is 33.8. The van der Waals surface area contributed by atoms with E-state index in [1.165, 1.54) is 25.0 Å². The number of hydrogen-bond donors (Lipinski definition) is 2. The zero-order valence-electron chi connectivity index (χ0n) is 13.1. The third-order valence-electron chi connectivity index (χ3n) is 4.62.